The van der Waals surface area contributed by atoms with Crippen molar-refractivity contribution in [2.75, 3.05) is 0 Å². The summed E-state index contributed by atoms with van der Waals surface area (Å²) in [6.07, 6.45) is 7.22. The summed E-state index contributed by atoms with van der Waals surface area (Å²) in [7, 11) is 0. The van der Waals surface area contributed by atoms with E-state index in [2.05, 4.69) is 38.1 Å². The zero-order valence-corrected chi connectivity index (χ0v) is 10.9. The summed E-state index contributed by atoms with van der Waals surface area (Å²) in [5.41, 5.74) is 10.5. The van der Waals surface area contributed by atoms with Crippen molar-refractivity contribution in [3.8, 4) is 0 Å². The fourth-order valence-corrected chi connectivity index (χ4v) is 1.73. The molecule has 17 heavy (non-hydrogen) atoms. The van der Waals surface area contributed by atoms with Crippen molar-refractivity contribution in [1.29, 1.82) is 0 Å². The van der Waals surface area contributed by atoms with Gasteiger partial charge < -0.3 is 5.73 Å². The van der Waals surface area contributed by atoms with E-state index in [4.69, 9.17) is 5.73 Å². The van der Waals surface area contributed by atoms with Gasteiger partial charge in [0.2, 0.25) is 0 Å². The summed E-state index contributed by atoms with van der Waals surface area (Å²) in [4.78, 5) is 0. The number of allylic oxidation sites excluding steroid dienone is 4. The molecule has 1 aromatic carbocycles. The highest BCUT2D eigenvalue weighted by molar-refractivity contribution is 5.71. The van der Waals surface area contributed by atoms with Crippen LogP contribution in [-0.2, 0) is 0 Å². The van der Waals surface area contributed by atoms with Crippen LogP contribution in [0.4, 0.5) is 0 Å². The minimum Gasteiger partial charge on any atom is -0.398 e. The molecule has 90 valence electrons. The van der Waals surface area contributed by atoms with E-state index in [1.54, 1.807) is 0 Å². The van der Waals surface area contributed by atoms with Crippen LogP contribution in [0.2, 0.25) is 0 Å². The lowest BCUT2D eigenvalue weighted by atomic mass is 10.0. The van der Waals surface area contributed by atoms with Crippen LogP contribution in [0.3, 0.4) is 0 Å². The lowest BCUT2D eigenvalue weighted by Gasteiger charge is -2.09. The van der Waals surface area contributed by atoms with Crippen molar-refractivity contribution in [3.05, 3.63) is 65.4 Å². The van der Waals surface area contributed by atoms with Crippen molar-refractivity contribution >= 4 is 5.57 Å². The fraction of sp³-hybridized carbons (Fsp3) is 0.250. The van der Waals surface area contributed by atoms with E-state index in [-0.39, 0.29) is 0 Å². The normalized spacial score (nSPS) is 13.9. The van der Waals surface area contributed by atoms with Crippen LogP contribution in [0.1, 0.15) is 32.8 Å². The molecule has 0 aliphatic heterocycles. The molecule has 0 heterocycles. The van der Waals surface area contributed by atoms with Crippen molar-refractivity contribution < 1.29 is 0 Å². The first-order chi connectivity index (χ1) is 8.20. The molecule has 0 aliphatic rings. The number of hydrogen-bond acceptors (Lipinski definition) is 1. The van der Waals surface area contributed by atoms with Crippen LogP contribution >= 0.6 is 0 Å². The van der Waals surface area contributed by atoms with E-state index in [9.17, 15) is 0 Å². The Balaban J connectivity index is 3.15. The minimum atomic E-state index is 0.858. The van der Waals surface area contributed by atoms with E-state index in [1.807, 2.05) is 31.2 Å². The molecule has 0 unspecified atom stereocenters. The molecule has 0 aromatic heterocycles. The predicted octanol–water partition coefficient (Wildman–Crippen LogP) is 4.29. The number of rotatable bonds is 4. The average molecular weight is 227 g/mol. The zero-order chi connectivity index (χ0) is 12.7. The van der Waals surface area contributed by atoms with Gasteiger partial charge in [-0.2, -0.15) is 0 Å². The SMILES string of the molecule is C\C=C/C(=C/CC)C(/N)=C(\C)c1ccccc1. The molecule has 0 atom stereocenters. The molecule has 1 rings (SSSR count). The van der Waals surface area contributed by atoms with Crippen LogP contribution in [0.15, 0.2) is 59.8 Å². The number of nitrogens with two attached hydrogens (primary N) is 1. The summed E-state index contributed by atoms with van der Waals surface area (Å²) in [6.45, 7) is 6.20. The van der Waals surface area contributed by atoms with E-state index in [1.165, 1.54) is 5.56 Å². The highest BCUT2D eigenvalue weighted by Crippen LogP contribution is 2.20. The number of benzene rings is 1. The van der Waals surface area contributed by atoms with Crippen molar-refractivity contribution in [3.63, 3.8) is 0 Å². The van der Waals surface area contributed by atoms with Crippen LogP contribution in [0.25, 0.3) is 5.57 Å². The molecule has 0 saturated heterocycles. The summed E-state index contributed by atoms with van der Waals surface area (Å²) in [5, 5.41) is 0. The molecule has 0 spiro atoms. The van der Waals surface area contributed by atoms with Gasteiger partial charge in [-0.1, -0.05) is 55.5 Å². The van der Waals surface area contributed by atoms with Crippen molar-refractivity contribution in [2.24, 2.45) is 5.73 Å². The average Bonchev–Trinajstić information content (AvgIpc) is 2.38. The van der Waals surface area contributed by atoms with Crippen LogP contribution in [0.5, 0.6) is 0 Å². The third kappa shape index (κ3) is 3.63. The molecule has 1 aromatic rings. The zero-order valence-electron chi connectivity index (χ0n) is 10.9. The molecule has 0 fully saturated rings. The Hall–Kier alpha value is -1.76. The Morgan fingerprint density at radius 3 is 2.41 bits per heavy atom. The van der Waals surface area contributed by atoms with Gasteiger partial charge in [-0.25, -0.2) is 0 Å². The second-order valence-corrected chi connectivity index (χ2v) is 3.97. The minimum absolute atomic E-state index is 0.858. The second kappa shape index (κ2) is 6.74. The molecule has 0 radical (unpaired) electrons. The second-order valence-electron chi connectivity index (χ2n) is 3.97. The van der Waals surface area contributed by atoms with E-state index in [0.29, 0.717) is 0 Å². The maximum atomic E-state index is 6.23. The highest BCUT2D eigenvalue weighted by Gasteiger charge is 2.03. The first-order valence-corrected chi connectivity index (χ1v) is 6.05. The van der Waals surface area contributed by atoms with Crippen molar-refractivity contribution in [1.82, 2.24) is 0 Å². The van der Waals surface area contributed by atoms with Gasteiger partial charge in [0.1, 0.15) is 0 Å². The first kappa shape index (κ1) is 13.3. The Bertz CT molecular complexity index is 436. The molecule has 2 N–H and O–H groups in total. The van der Waals surface area contributed by atoms with Crippen LogP contribution in [-0.4, -0.2) is 0 Å². The molecule has 0 saturated carbocycles. The van der Waals surface area contributed by atoms with Gasteiger partial charge in [-0.05, 0) is 37.0 Å². The predicted molar refractivity (Wildman–Crippen MR) is 76.4 cm³/mol. The maximum absolute atomic E-state index is 6.23. The van der Waals surface area contributed by atoms with Gasteiger partial charge in [0, 0.05) is 5.70 Å². The molecular weight excluding hydrogens is 206 g/mol. The highest BCUT2D eigenvalue weighted by atomic mass is 14.6. The first-order valence-electron chi connectivity index (χ1n) is 6.05. The summed E-state index contributed by atoms with van der Waals surface area (Å²) in [5.74, 6) is 0. The molecule has 1 heteroatoms. The lowest BCUT2D eigenvalue weighted by molar-refractivity contribution is 1.19. The molecule has 1 nitrogen and oxygen atoms in total. The topological polar surface area (TPSA) is 26.0 Å². The van der Waals surface area contributed by atoms with Crippen LogP contribution < -0.4 is 5.73 Å². The van der Waals surface area contributed by atoms with Crippen molar-refractivity contribution in [2.45, 2.75) is 27.2 Å². The largest absolute Gasteiger partial charge is 0.398 e. The quantitative estimate of drug-likeness (QED) is 0.763. The third-order valence-electron chi connectivity index (χ3n) is 2.69. The van der Waals surface area contributed by atoms with Gasteiger partial charge in [-0.3, -0.25) is 0 Å². The maximum Gasteiger partial charge on any atom is 0.0420 e. The Kier molecular flexibility index (Phi) is 5.28. The Morgan fingerprint density at radius 1 is 1.24 bits per heavy atom. The summed E-state index contributed by atoms with van der Waals surface area (Å²) in [6, 6.07) is 10.3. The third-order valence-corrected chi connectivity index (χ3v) is 2.69. The Labute approximate surface area is 104 Å². The molecule has 0 bridgehead atoms. The monoisotopic (exact) mass is 227 g/mol. The van der Waals surface area contributed by atoms with Gasteiger partial charge in [0.25, 0.3) is 0 Å². The van der Waals surface area contributed by atoms with Gasteiger partial charge in [0.15, 0.2) is 0 Å². The molecule has 0 aliphatic carbocycles. The standard InChI is InChI=1S/C16H21N/c1-4-9-15(10-5-2)16(17)13(3)14-11-7-6-8-12-14/h4,6-12H,5,17H2,1-3H3/b9-4-,15-10-,16-13-. The van der Waals surface area contributed by atoms with Crippen LogP contribution in [0, 0.1) is 0 Å². The van der Waals surface area contributed by atoms with Gasteiger partial charge >= 0.3 is 0 Å². The van der Waals surface area contributed by atoms with Gasteiger partial charge in [0.05, 0.1) is 0 Å². The lowest BCUT2D eigenvalue weighted by Crippen LogP contribution is -2.03. The number of hydrogen-bond donors (Lipinski definition) is 1. The van der Waals surface area contributed by atoms with E-state index < -0.39 is 0 Å². The summed E-state index contributed by atoms with van der Waals surface area (Å²) >= 11 is 0. The Morgan fingerprint density at radius 2 is 1.88 bits per heavy atom. The fourth-order valence-electron chi connectivity index (χ4n) is 1.73. The smallest absolute Gasteiger partial charge is 0.0420 e. The van der Waals surface area contributed by atoms with E-state index in [0.717, 1.165) is 23.3 Å². The molecular formula is C16H21N. The van der Waals surface area contributed by atoms with Gasteiger partial charge in [-0.15, -0.1) is 0 Å². The molecule has 0 amide bonds. The van der Waals surface area contributed by atoms with E-state index >= 15 is 0 Å². The summed E-state index contributed by atoms with van der Waals surface area (Å²) < 4.78 is 0.